The fourth-order valence-electron chi connectivity index (χ4n) is 6.73. The molecule has 0 fully saturated rings. The molecule has 0 aromatic heterocycles. The molecule has 0 bridgehead atoms. The van der Waals surface area contributed by atoms with E-state index in [0.29, 0.717) is 5.41 Å². The SMILES string of the molecule is CC(C)(C)c1cc[cH-]c1.CC1(C)[C-]=Cc2cc3c(cc21)Cc1cc2c(cc1-3)C=CC2(C)C.Fc1cccc([C](=[Zr+2])c2cccc(F)c2)c1.[Cl-].[Cl-]. The van der Waals surface area contributed by atoms with E-state index in [2.05, 4.69) is 121 Å². The second-order valence-corrected chi connectivity index (χ2v) is 16.4. The summed E-state index contributed by atoms with van der Waals surface area (Å²) in [5.74, 6) is -0.539. The molecule has 0 amide bonds. The first-order valence-electron chi connectivity index (χ1n) is 16.6. The number of allylic oxidation sites excluding steroid dienone is 2. The van der Waals surface area contributed by atoms with Crippen LogP contribution >= 0.6 is 0 Å². The Morgan fingerprint density at radius 2 is 1.32 bits per heavy atom. The van der Waals surface area contributed by atoms with Crippen LogP contribution in [0.15, 0.2) is 103 Å². The van der Waals surface area contributed by atoms with Crippen LogP contribution in [-0.2, 0) is 46.9 Å². The summed E-state index contributed by atoms with van der Waals surface area (Å²) in [7, 11) is 0. The maximum absolute atomic E-state index is 13.0. The minimum atomic E-state index is -0.270. The standard InChI is InChI=1S/C23H21.C13H8F2.C9H13.2ClH.Zr/c1-22(2)7-5-14-10-18-16(12-20(14)22)9-17-13-21-15(11-19(17)18)6-8-23(21,3)4;14-12-5-1-3-10(8-12)7-11-4-2-6-13(15)9-11;1-9(2,3)8-6-4-5-7-8;;;/h5-7,10-13H,9H2,1-4H3;1-6,8-9H;4-7H,1-3H3;2*1H;/q-1;;-1;;;+2/p-2. The molecule has 3 aliphatic rings. The molecule has 8 rings (SSSR count). The Kier molecular flexibility index (Phi) is 12.1. The number of benzene rings is 4. The minimum Gasteiger partial charge on any atom is -1.00 e. The van der Waals surface area contributed by atoms with Crippen molar-refractivity contribution < 1.29 is 57.8 Å². The molecule has 5 heteroatoms. The summed E-state index contributed by atoms with van der Waals surface area (Å²) in [5, 5.41) is 0. The van der Waals surface area contributed by atoms with Gasteiger partial charge in [0.1, 0.15) is 0 Å². The van der Waals surface area contributed by atoms with Gasteiger partial charge >= 0.3 is 108 Å². The van der Waals surface area contributed by atoms with E-state index in [-0.39, 0.29) is 47.3 Å². The molecule has 5 aromatic rings. The maximum Gasteiger partial charge on any atom is -1.00 e. The van der Waals surface area contributed by atoms with Crippen LogP contribution < -0.4 is 24.8 Å². The summed E-state index contributed by atoms with van der Waals surface area (Å²) in [6, 6.07) is 30.9. The molecule has 0 heterocycles. The molecule has 0 N–H and O–H groups in total. The van der Waals surface area contributed by atoms with E-state index in [1.165, 1.54) is 74.3 Å². The first-order chi connectivity index (χ1) is 22.6. The van der Waals surface area contributed by atoms with Crippen molar-refractivity contribution in [2.45, 2.75) is 71.1 Å². The van der Waals surface area contributed by atoms with E-state index in [4.69, 9.17) is 0 Å². The first-order valence-corrected chi connectivity index (χ1v) is 17.8. The van der Waals surface area contributed by atoms with Gasteiger partial charge in [0.2, 0.25) is 0 Å². The average Bonchev–Trinajstić information content (AvgIpc) is 3.82. The van der Waals surface area contributed by atoms with Gasteiger partial charge in [-0.15, -0.1) is 11.6 Å². The third kappa shape index (κ3) is 8.33. The predicted molar refractivity (Wildman–Crippen MR) is 194 cm³/mol. The third-order valence-electron chi connectivity index (χ3n) is 9.61. The van der Waals surface area contributed by atoms with Crippen LogP contribution in [0.5, 0.6) is 0 Å². The molecule has 0 unspecified atom stereocenters. The second kappa shape index (κ2) is 15.3. The number of halogens is 4. The number of hydrogen-bond donors (Lipinski definition) is 0. The summed E-state index contributed by atoms with van der Waals surface area (Å²) in [4.78, 5) is 0. The number of hydrogen-bond acceptors (Lipinski definition) is 0. The summed E-state index contributed by atoms with van der Waals surface area (Å²) < 4.78 is 27.0. The van der Waals surface area contributed by atoms with Gasteiger partial charge in [0.25, 0.3) is 0 Å². The Morgan fingerprint density at radius 1 is 0.760 bits per heavy atom. The Hall–Kier alpha value is -3.10. The number of fused-ring (bicyclic) bond motifs is 5. The topological polar surface area (TPSA) is 0 Å². The van der Waals surface area contributed by atoms with Crippen LogP contribution in [0.2, 0.25) is 0 Å². The fraction of sp³-hybridized carbons (Fsp3) is 0.244. The van der Waals surface area contributed by atoms with Crippen LogP contribution in [-0.4, -0.2) is 3.21 Å². The minimum absolute atomic E-state index is 0. The van der Waals surface area contributed by atoms with Gasteiger partial charge in [0.05, 0.1) is 0 Å². The van der Waals surface area contributed by atoms with Crippen molar-refractivity contribution in [1.29, 1.82) is 0 Å². The Balaban J connectivity index is 0.000000182. The van der Waals surface area contributed by atoms with Crippen molar-refractivity contribution in [3.63, 3.8) is 0 Å². The monoisotopic (exact) mass is 780 g/mol. The van der Waals surface area contributed by atoms with E-state index in [0.717, 1.165) is 45.0 Å². The second-order valence-electron chi connectivity index (χ2n) is 15.2. The average molecular weight is 783 g/mol. The van der Waals surface area contributed by atoms with Crippen molar-refractivity contribution >= 4 is 15.4 Å². The van der Waals surface area contributed by atoms with Gasteiger partial charge in [-0.05, 0) is 45.9 Å². The molecular weight excluding hydrogens is 741 g/mol. The van der Waals surface area contributed by atoms with Crippen molar-refractivity contribution in [2.24, 2.45) is 0 Å². The summed E-state index contributed by atoms with van der Waals surface area (Å²) >= 11 is 1.13. The van der Waals surface area contributed by atoms with Crippen molar-refractivity contribution in [3.8, 4) is 11.1 Å². The van der Waals surface area contributed by atoms with Crippen molar-refractivity contribution in [3.05, 3.63) is 171 Å². The zero-order chi connectivity index (χ0) is 34.4. The van der Waals surface area contributed by atoms with E-state index >= 15 is 0 Å². The van der Waals surface area contributed by atoms with Crippen LogP contribution in [0.25, 0.3) is 23.3 Å². The van der Waals surface area contributed by atoms with E-state index in [1.54, 1.807) is 12.1 Å². The van der Waals surface area contributed by atoms with Crippen LogP contribution in [0.4, 0.5) is 8.78 Å². The van der Waals surface area contributed by atoms with Gasteiger partial charge in [-0.1, -0.05) is 83.6 Å². The molecule has 5 aromatic carbocycles. The fourth-order valence-corrected chi connectivity index (χ4v) is 7.50. The van der Waals surface area contributed by atoms with Gasteiger partial charge in [0, 0.05) is 5.41 Å². The maximum atomic E-state index is 13.0. The van der Waals surface area contributed by atoms with Crippen LogP contribution in [0.1, 0.15) is 98.5 Å². The zero-order valence-electron chi connectivity index (χ0n) is 29.7. The van der Waals surface area contributed by atoms with Crippen molar-refractivity contribution in [1.82, 2.24) is 0 Å². The van der Waals surface area contributed by atoms with Gasteiger partial charge in [0.15, 0.2) is 0 Å². The molecule has 256 valence electrons. The molecule has 0 radical (unpaired) electrons. The molecule has 0 aliphatic heterocycles. The molecule has 0 saturated heterocycles. The molecule has 3 aliphatic carbocycles. The molecule has 0 spiro atoms. The number of rotatable bonds is 2. The molecule has 50 heavy (non-hydrogen) atoms. The van der Waals surface area contributed by atoms with Gasteiger partial charge in [-0.25, -0.2) is 12.1 Å². The quantitative estimate of drug-likeness (QED) is 0.205. The van der Waals surface area contributed by atoms with Crippen LogP contribution in [0, 0.1) is 17.7 Å². The zero-order valence-corrected chi connectivity index (χ0v) is 33.7. The van der Waals surface area contributed by atoms with Gasteiger partial charge < -0.3 is 24.8 Å². The van der Waals surface area contributed by atoms with E-state index in [1.807, 2.05) is 12.1 Å². The predicted octanol–water partition coefficient (Wildman–Crippen LogP) is 5.46. The van der Waals surface area contributed by atoms with Crippen LogP contribution in [0.3, 0.4) is 0 Å². The Bertz CT molecular complexity index is 1950. The normalized spacial score (nSPS) is 14.8. The summed E-state index contributed by atoms with van der Waals surface area (Å²) in [5.41, 5.74) is 15.0. The Morgan fingerprint density at radius 3 is 1.82 bits per heavy atom. The van der Waals surface area contributed by atoms with Crippen molar-refractivity contribution in [2.75, 3.05) is 0 Å². The third-order valence-corrected chi connectivity index (χ3v) is 11.0. The van der Waals surface area contributed by atoms with E-state index < -0.39 is 0 Å². The smallest absolute Gasteiger partial charge is 1.00 e. The largest absolute Gasteiger partial charge is 1.00 e. The summed E-state index contributed by atoms with van der Waals surface area (Å²) in [6.45, 7) is 15.8. The van der Waals surface area contributed by atoms with Gasteiger partial charge in [-0.2, -0.15) is 29.3 Å². The van der Waals surface area contributed by atoms with Gasteiger partial charge in [-0.3, -0.25) is 6.08 Å². The summed E-state index contributed by atoms with van der Waals surface area (Å²) in [6.07, 6.45) is 11.4. The van der Waals surface area contributed by atoms with E-state index in [9.17, 15) is 8.78 Å². The molecule has 0 nitrogen and oxygen atoms in total. The molecule has 0 saturated carbocycles. The Labute approximate surface area is 324 Å². The molecular formula is C45H42Cl2F2Zr-2. The first kappa shape index (κ1) is 39.7. The molecule has 0 atom stereocenters.